The maximum atomic E-state index is 14.0. The first kappa shape index (κ1) is 16.9. The molecule has 1 amide bonds. The van der Waals surface area contributed by atoms with Crippen LogP contribution in [0.5, 0.6) is 5.88 Å². The molecule has 28 heavy (non-hydrogen) atoms. The van der Waals surface area contributed by atoms with Gasteiger partial charge < -0.3 is 15.0 Å². The molecule has 2 aliphatic rings. The minimum absolute atomic E-state index is 0.0926. The zero-order valence-electron chi connectivity index (χ0n) is 15.4. The van der Waals surface area contributed by atoms with Gasteiger partial charge in [0, 0.05) is 18.3 Å². The van der Waals surface area contributed by atoms with Crippen LogP contribution in [0.3, 0.4) is 0 Å². The van der Waals surface area contributed by atoms with Crippen LogP contribution in [-0.2, 0) is 0 Å². The smallest absolute Gasteiger partial charge is 0.257 e. The zero-order chi connectivity index (χ0) is 19.3. The van der Waals surface area contributed by atoms with Crippen LogP contribution >= 0.6 is 0 Å². The number of rotatable bonds is 0. The molecule has 144 valence electrons. The molecule has 0 radical (unpaired) electrons. The number of halogens is 1. The van der Waals surface area contributed by atoms with E-state index in [1.165, 1.54) is 6.07 Å². The van der Waals surface area contributed by atoms with Gasteiger partial charge >= 0.3 is 0 Å². The van der Waals surface area contributed by atoms with Gasteiger partial charge in [-0.25, -0.2) is 18.9 Å². The summed E-state index contributed by atoms with van der Waals surface area (Å²) in [6.07, 6.45) is 4.74. The van der Waals surface area contributed by atoms with Crippen molar-refractivity contribution in [2.24, 2.45) is 0 Å². The average Bonchev–Trinajstić information content (AvgIpc) is 3.28. The van der Waals surface area contributed by atoms with E-state index in [2.05, 4.69) is 20.3 Å². The summed E-state index contributed by atoms with van der Waals surface area (Å²) >= 11 is 0. The number of hydrogen-bond acceptors (Lipinski definition) is 6. The quantitative estimate of drug-likeness (QED) is 0.641. The molecular weight excluding hydrogens is 363 g/mol. The van der Waals surface area contributed by atoms with Gasteiger partial charge in [0.2, 0.25) is 5.88 Å². The maximum Gasteiger partial charge on any atom is 0.257 e. The van der Waals surface area contributed by atoms with Crippen molar-refractivity contribution in [1.82, 2.24) is 24.9 Å². The number of pyridine rings is 1. The molecule has 1 atom stereocenters. The standard InChI is InChI=1S/C19H19FN6O2/c1-11-16-17-23-15(4-7-26(17)24-11)25-6-2-3-14(25)13-9-12(20)10-22-19(13)28-8-5-21-18(16)27/h4,7,9-10,14H,2-3,5-6,8H2,1H3,(H,21,27). The van der Waals surface area contributed by atoms with Crippen LogP contribution in [-0.4, -0.2) is 45.2 Å². The molecule has 0 saturated carbocycles. The van der Waals surface area contributed by atoms with Gasteiger partial charge in [-0.05, 0) is 31.9 Å². The molecule has 3 aromatic heterocycles. The highest BCUT2D eigenvalue weighted by molar-refractivity contribution is 6.01. The van der Waals surface area contributed by atoms with Crippen molar-refractivity contribution in [3.05, 3.63) is 47.2 Å². The van der Waals surface area contributed by atoms with Gasteiger partial charge in [0.1, 0.15) is 23.8 Å². The van der Waals surface area contributed by atoms with E-state index in [0.29, 0.717) is 34.9 Å². The number of aryl methyl sites for hydroxylation is 1. The van der Waals surface area contributed by atoms with Gasteiger partial charge in [0.05, 0.1) is 24.5 Å². The number of aromatic nitrogens is 4. The Morgan fingerprint density at radius 1 is 1.39 bits per heavy atom. The van der Waals surface area contributed by atoms with E-state index in [1.54, 1.807) is 17.6 Å². The second kappa shape index (κ2) is 6.43. The third-order valence-corrected chi connectivity index (χ3v) is 5.25. The highest BCUT2D eigenvalue weighted by atomic mass is 19.1. The van der Waals surface area contributed by atoms with Gasteiger partial charge in [-0.3, -0.25) is 4.79 Å². The molecule has 1 unspecified atom stereocenters. The minimum Gasteiger partial charge on any atom is -0.476 e. The first-order valence-electron chi connectivity index (χ1n) is 9.31. The SMILES string of the molecule is Cc1nn2ccc3nc2c1C(=O)NCCOc1ncc(F)cc1C1CCCN31. The Morgan fingerprint density at radius 2 is 2.29 bits per heavy atom. The fraction of sp³-hybridized carbons (Fsp3) is 0.368. The van der Waals surface area contributed by atoms with Gasteiger partial charge in [-0.15, -0.1) is 0 Å². The van der Waals surface area contributed by atoms with Crippen LogP contribution in [0.4, 0.5) is 10.2 Å². The number of anilines is 1. The van der Waals surface area contributed by atoms with Crippen molar-refractivity contribution in [2.75, 3.05) is 24.6 Å². The Balaban J connectivity index is 1.69. The molecule has 3 aromatic rings. The molecular formula is C19H19FN6O2. The van der Waals surface area contributed by atoms with Gasteiger partial charge in [-0.1, -0.05) is 0 Å². The first-order valence-corrected chi connectivity index (χ1v) is 9.31. The monoisotopic (exact) mass is 382 g/mol. The summed E-state index contributed by atoms with van der Waals surface area (Å²) in [5, 5.41) is 7.23. The van der Waals surface area contributed by atoms with Crippen molar-refractivity contribution >= 4 is 17.4 Å². The second-order valence-corrected chi connectivity index (χ2v) is 7.02. The maximum absolute atomic E-state index is 14.0. The lowest BCUT2D eigenvalue weighted by Gasteiger charge is -2.27. The summed E-state index contributed by atoms with van der Waals surface area (Å²) in [6.45, 7) is 3.10. The number of hydrogen-bond donors (Lipinski definition) is 1. The van der Waals surface area contributed by atoms with Crippen molar-refractivity contribution < 1.29 is 13.9 Å². The Labute approximate surface area is 160 Å². The molecule has 0 aromatic carbocycles. The van der Waals surface area contributed by atoms with E-state index in [1.807, 2.05) is 6.07 Å². The molecule has 5 heterocycles. The second-order valence-electron chi connectivity index (χ2n) is 7.02. The lowest BCUT2D eigenvalue weighted by atomic mass is 10.1. The number of nitrogens with one attached hydrogen (secondary N) is 1. The summed E-state index contributed by atoms with van der Waals surface area (Å²) in [4.78, 5) is 23.7. The molecule has 2 bridgehead atoms. The number of carbonyl (C=O) groups is 1. The van der Waals surface area contributed by atoms with E-state index in [9.17, 15) is 9.18 Å². The number of amides is 1. The summed E-state index contributed by atoms with van der Waals surface area (Å²) in [7, 11) is 0. The molecule has 2 aliphatic heterocycles. The predicted octanol–water partition coefficient (Wildman–Crippen LogP) is 2.04. The third kappa shape index (κ3) is 2.65. The van der Waals surface area contributed by atoms with Crippen molar-refractivity contribution in [3.8, 4) is 5.88 Å². The first-order chi connectivity index (χ1) is 13.6. The van der Waals surface area contributed by atoms with Crippen LogP contribution in [0.15, 0.2) is 24.5 Å². The van der Waals surface area contributed by atoms with Crippen LogP contribution < -0.4 is 15.0 Å². The Morgan fingerprint density at radius 3 is 3.18 bits per heavy atom. The molecule has 1 fully saturated rings. The zero-order valence-corrected chi connectivity index (χ0v) is 15.4. The average molecular weight is 382 g/mol. The molecule has 8 nitrogen and oxygen atoms in total. The normalized spacial score (nSPS) is 19.3. The molecule has 9 heteroatoms. The van der Waals surface area contributed by atoms with E-state index in [0.717, 1.165) is 31.4 Å². The van der Waals surface area contributed by atoms with Gasteiger partial charge in [0.25, 0.3) is 5.91 Å². The molecule has 5 rings (SSSR count). The Bertz CT molecular complexity index is 1080. The van der Waals surface area contributed by atoms with E-state index >= 15 is 0 Å². The summed E-state index contributed by atoms with van der Waals surface area (Å²) < 4.78 is 21.4. The van der Waals surface area contributed by atoms with Gasteiger partial charge in [0.15, 0.2) is 5.65 Å². The third-order valence-electron chi connectivity index (χ3n) is 5.25. The Hall–Kier alpha value is -3.23. The topological polar surface area (TPSA) is 84.7 Å². The molecule has 0 spiro atoms. The number of nitrogens with zero attached hydrogens (tertiary/aromatic N) is 5. The fourth-order valence-corrected chi connectivity index (χ4v) is 4.02. The van der Waals surface area contributed by atoms with E-state index in [-0.39, 0.29) is 18.6 Å². The highest BCUT2D eigenvalue weighted by Gasteiger charge is 2.31. The minimum atomic E-state index is -0.399. The van der Waals surface area contributed by atoms with Gasteiger partial charge in [-0.2, -0.15) is 5.10 Å². The largest absolute Gasteiger partial charge is 0.476 e. The summed E-state index contributed by atoms with van der Waals surface area (Å²) in [6, 6.07) is 3.26. The number of carbonyl (C=O) groups excluding carboxylic acids is 1. The van der Waals surface area contributed by atoms with Crippen molar-refractivity contribution in [3.63, 3.8) is 0 Å². The lowest BCUT2D eigenvalue weighted by molar-refractivity contribution is 0.0947. The van der Waals surface area contributed by atoms with Crippen molar-refractivity contribution in [1.29, 1.82) is 0 Å². The number of fused-ring (bicyclic) bond motifs is 5. The molecule has 0 aliphatic carbocycles. The highest BCUT2D eigenvalue weighted by Crippen LogP contribution is 2.39. The van der Waals surface area contributed by atoms with Crippen LogP contribution in [0.2, 0.25) is 0 Å². The Kier molecular flexibility index (Phi) is 3.88. The van der Waals surface area contributed by atoms with E-state index in [4.69, 9.17) is 9.72 Å². The van der Waals surface area contributed by atoms with Crippen molar-refractivity contribution in [2.45, 2.75) is 25.8 Å². The summed E-state index contributed by atoms with van der Waals surface area (Å²) in [5.41, 5.74) is 2.28. The fourth-order valence-electron chi connectivity index (χ4n) is 4.02. The predicted molar refractivity (Wildman–Crippen MR) is 99.1 cm³/mol. The molecule has 1 N–H and O–H groups in total. The van der Waals surface area contributed by atoms with Crippen LogP contribution in [0.1, 0.15) is 40.5 Å². The van der Waals surface area contributed by atoms with E-state index < -0.39 is 5.82 Å². The van der Waals surface area contributed by atoms with Crippen LogP contribution in [0.25, 0.3) is 5.65 Å². The van der Waals surface area contributed by atoms with Crippen LogP contribution in [0, 0.1) is 12.7 Å². The number of ether oxygens (including phenoxy) is 1. The lowest BCUT2D eigenvalue weighted by Crippen LogP contribution is -2.28. The summed E-state index contributed by atoms with van der Waals surface area (Å²) in [5.74, 6) is 0.472. The molecule has 1 saturated heterocycles.